The van der Waals surface area contributed by atoms with Gasteiger partial charge in [-0.3, -0.25) is 0 Å². The van der Waals surface area contributed by atoms with E-state index in [0.29, 0.717) is 11.3 Å². The van der Waals surface area contributed by atoms with Crippen LogP contribution in [-0.4, -0.2) is 5.60 Å². The molecule has 92 valence electrons. The van der Waals surface area contributed by atoms with E-state index in [9.17, 15) is 0 Å². The second kappa shape index (κ2) is 3.51. The van der Waals surface area contributed by atoms with Gasteiger partial charge in [-0.2, -0.15) is 0 Å². The van der Waals surface area contributed by atoms with Crippen LogP contribution in [0.4, 0.5) is 0 Å². The second-order valence-electron chi connectivity index (χ2n) is 6.62. The van der Waals surface area contributed by atoms with Gasteiger partial charge in [0.25, 0.3) is 0 Å². The van der Waals surface area contributed by atoms with E-state index in [1.165, 1.54) is 31.2 Å². The lowest BCUT2D eigenvalue weighted by molar-refractivity contribution is -0.0815. The zero-order valence-corrected chi connectivity index (χ0v) is 11.1. The standard InChI is InChI=1S/C16H22O/c1-15(2)9-6-10-16(3)14(15)11-12-7-4-5-8-13(12)17-16/h4-5,7-8,14H,6,9-11H2,1-3H3/t14-,16-/m1/s1. The molecule has 1 aliphatic heterocycles. The molecule has 0 radical (unpaired) electrons. The topological polar surface area (TPSA) is 9.23 Å². The molecular formula is C16H22O. The summed E-state index contributed by atoms with van der Waals surface area (Å²) in [6.07, 6.45) is 5.01. The lowest BCUT2D eigenvalue weighted by atomic mass is 9.59. The lowest BCUT2D eigenvalue weighted by Crippen LogP contribution is -2.53. The summed E-state index contributed by atoms with van der Waals surface area (Å²) in [5.74, 6) is 1.77. The van der Waals surface area contributed by atoms with E-state index in [4.69, 9.17) is 4.74 Å². The van der Waals surface area contributed by atoms with E-state index in [0.717, 1.165) is 5.75 Å². The molecule has 17 heavy (non-hydrogen) atoms. The van der Waals surface area contributed by atoms with Gasteiger partial charge in [-0.25, -0.2) is 0 Å². The minimum atomic E-state index is 0.0517. The monoisotopic (exact) mass is 230 g/mol. The first-order valence-corrected chi connectivity index (χ1v) is 6.78. The van der Waals surface area contributed by atoms with Crippen LogP contribution >= 0.6 is 0 Å². The highest BCUT2D eigenvalue weighted by atomic mass is 16.5. The van der Waals surface area contributed by atoms with Crippen LogP contribution in [0.2, 0.25) is 0 Å². The quantitative estimate of drug-likeness (QED) is 0.649. The number of benzene rings is 1. The molecule has 1 aromatic rings. The Labute approximate surface area is 104 Å². The molecule has 1 nitrogen and oxygen atoms in total. The Hall–Kier alpha value is -0.980. The molecule has 0 unspecified atom stereocenters. The maximum atomic E-state index is 6.36. The average Bonchev–Trinajstić information content (AvgIpc) is 2.26. The normalized spacial score (nSPS) is 34.4. The van der Waals surface area contributed by atoms with Crippen molar-refractivity contribution < 1.29 is 4.74 Å². The molecule has 0 bridgehead atoms. The molecule has 1 fully saturated rings. The van der Waals surface area contributed by atoms with E-state index in [2.05, 4.69) is 45.0 Å². The predicted molar refractivity (Wildman–Crippen MR) is 70.3 cm³/mol. The molecule has 1 heterocycles. The third-order valence-electron chi connectivity index (χ3n) is 4.91. The van der Waals surface area contributed by atoms with Gasteiger partial charge in [-0.1, -0.05) is 32.0 Å². The molecule has 2 atom stereocenters. The molecule has 1 heteroatoms. The SMILES string of the molecule is CC1(C)CCC[C@@]2(C)Oc3ccccc3C[C@H]12. The molecule has 1 aliphatic carbocycles. The summed E-state index contributed by atoms with van der Waals surface area (Å²) in [5.41, 5.74) is 1.85. The van der Waals surface area contributed by atoms with Crippen molar-refractivity contribution in [3.05, 3.63) is 29.8 Å². The minimum absolute atomic E-state index is 0.0517. The number of hydrogen-bond donors (Lipinski definition) is 0. The summed E-state index contributed by atoms with van der Waals surface area (Å²) in [6.45, 7) is 7.13. The summed E-state index contributed by atoms with van der Waals surface area (Å²) in [6, 6.07) is 8.55. The molecule has 0 amide bonds. The van der Waals surface area contributed by atoms with Crippen molar-refractivity contribution in [3.8, 4) is 5.75 Å². The molecule has 0 saturated heterocycles. The van der Waals surface area contributed by atoms with Crippen molar-refractivity contribution in [2.75, 3.05) is 0 Å². The number of ether oxygens (including phenoxy) is 1. The molecule has 0 spiro atoms. The highest BCUT2D eigenvalue weighted by molar-refractivity contribution is 5.37. The third kappa shape index (κ3) is 1.67. The molecule has 2 aliphatic rings. The smallest absolute Gasteiger partial charge is 0.123 e. The van der Waals surface area contributed by atoms with Crippen LogP contribution in [0.25, 0.3) is 0 Å². The van der Waals surface area contributed by atoms with Crippen molar-refractivity contribution in [2.24, 2.45) is 11.3 Å². The molecule has 3 rings (SSSR count). The zero-order chi connectivity index (χ0) is 12.1. The Morgan fingerprint density at radius 3 is 2.71 bits per heavy atom. The Balaban J connectivity index is 2.03. The van der Waals surface area contributed by atoms with Crippen molar-refractivity contribution in [1.82, 2.24) is 0 Å². The van der Waals surface area contributed by atoms with Gasteiger partial charge in [0.05, 0.1) is 0 Å². The number of para-hydroxylation sites is 1. The van der Waals surface area contributed by atoms with Gasteiger partial charge in [0.1, 0.15) is 11.4 Å². The maximum absolute atomic E-state index is 6.36. The summed E-state index contributed by atoms with van der Waals surface area (Å²) >= 11 is 0. The van der Waals surface area contributed by atoms with E-state index >= 15 is 0 Å². The van der Waals surface area contributed by atoms with Crippen LogP contribution < -0.4 is 4.74 Å². The molecular weight excluding hydrogens is 208 g/mol. The van der Waals surface area contributed by atoms with Crippen LogP contribution in [0.1, 0.15) is 45.6 Å². The largest absolute Gasteiger partial charge is 0.487 e. The Morgan fingerprint density at radius 2 is 1.88 bits per heavy atom. The number of fused-ring (bicyclic) bond motifs is 2. The van der Waals surface area contributed by atoms with Gasteiger partial charge < -0.3 is 4.74 Å². The molecule has 0 aromatic heterocycles. The highest BCUT2D eigenvalue weighted by Gasteiger charge is 2.50. The van der Waals surface area contributed by atoms with Gasteiger partial charge in [0.15, 0.2) is 0 Å². The molecule has 1 saturated carbocycles. The zero-order valence-electron chi connectivity index (χ0n) is 11.1. The van der Waals surface area contributed by atoms with E-state index < -0.39 is 0 Å². The van der Waals surface area contributed by atoms with Crippen molar-refractivity contribution >= 4 is 0 Å². The number of hydrogen-bond acceptors (Lipinski definition) is 1. The van der Waals surface area contributed by atoms with Crippen molar-refractivity contribution in [2.45, 2.75) is 52.1 Å². The second-order valence-corrected chi connectivity index (χ2v) is 6.62. The first-order valence-electron chi connectivity index (χ1n) is 6.78. The summed E-state index contributed by atoms with van der Waals surface area (Å²) in [7, 11) is 0. The van der Waals surface area contributed by atoms with Gasteiger partial charge in [-0.15, -0.1) is 0 Å². The Morgan fingerprint density at radius 1 is 1.12 bits per heavy atom. The predicted octanol–water partition coefficient (Wildman–Crippen LogP) is 4.21. The first-order chi connectivity index (χ1) is 8.01. The maximum Gasteiger partial charge on any atom is 0.123 e. The van der Waals surface area contributed by atoms with E-state index in [1.807, 2.05) is 0 Å². The Bertz CT molecular complexity index is 435. The fourth-order valence-electron chi connectivity index (χ4n) is 3.93. The minimum Gasteiger partial charge on any atom is -0.487 e. The van der Waals surface area contributed by atoms with Crippen LogP contribution in [0.3, 0.4) is 0 Å². The van der Waals surface area contributed by atoms with Crippen molar-refractivity contribution in [3.63, 3.8) is 0 Å². The van der Waals surface area contributed by atoms with Gasteiger partial charge in [0.2, 0.25) is 0 Å². The Kier molecular flexibility index (Phi) is 2.30. The highest BCUT2D eigenvalue weighted by Crippen LogP contribution is 2.52. The summed E-state index contributed by atoms with van der Waals surface area (Å²) < 4.78 is 6.36. The van der Waals surface area contributed by atoms with Crippen LogP contribution in [0.5, 0.6) is 5.75 Å². The van der Waals surface area contributed by atoms with Gasteiger partial charge >= 0.3 is 0 Å². The van der Waals surface area contributed by atoms with Gasteiger partial charge in [-0.05, 0) is 49.7 Å². The first kappa shape index (κ1) is 11.1. The average molecular weight is 230 g/mol. The fraction of sp³-hybridized carbons (Fsp3) is 0.625. The molecule has 0 N–H and O–H groups in total. The van der Waals surface area contributed by atoms with E-state index in [1.54, 1.807) is 0 Å². The third-order valence-corrected chi connectivity index (χ3v) is 4.91. The van der Waals surface area contributed by atoms with E-state index in [-0.39, 0.29) is 5.60 Å². The summed E-state index contributed by atoms with van der Waals surface area (Å²) in [5, 5.41) is 0. The lowest BCUT2D eigenvalue weighted by Gasteiger charge is -2.53. The molecule has 1 aromatic carbocycles. The van der Waals surface area contributed by atoms with Crippen LogP contribution in [0, 0.1) is 11.3 Å². The van der Waals surface area contributed by atoms with Crippen molar-refractivity contribution in [1.29, 1.82) is 0 Å². The number of rotatable bonds is 0. The van der Waals surface area contributed by atoms with Gasteiger partial charge in [0, 0.05) is 5.92 Å². The summed E-state index contributed by atoms with van der Waals surface area (Å²) in [4.78, 5) is 0. The van der Waals surface area contributed by atoms with Crippen LogP contribution in [0.15, 0.2) is 24.3 Å². The fourth-order valence-corrected chi connectivity index (χ4v) is 3.93. The van der Waals surface area contributed by atoms with Crippen LogP contribution in [-0.2, 0) is 6.42 Å².